The lowest BCUT2D eigenvalue weighted by Gasteiger charge is -2.10. The van der Waals surface area contributed by atoms with Crippen LogP contribution in [-0.4, -0.2) is 25.6 Å². The van der Waals surface area contributed by atoms with Crippen molar-refractivity contribution in [1.82, 2.24) is 5.32 Å². The zero-order valence-corrected chi connectivity index (χ0v) is 14.1. The summed E-state index contributed by atoms with van der Waals surface area (Å²) in [5, 5.41) is 6.43. The first-order valence-corrected chi connectivity index (χ1v) is 7.88. The second-order valence-electron chi connectivity index (χ2n) is 5.35. The first-order valence-electron chi connectivity index (χ1n) is 7.51. The smallest absolute Gasteiger partial charge is 0.239 e. The lowest BCUT2D eigenvalue weighted by molar-refractivity contribution is -0.119. The maximum atomic E-state index is 11.8. The van der Waals surface area contributed by atoms with E-state index < -0.39 is 0 Å². The number of carbonyl (C=O) groups excluding carboxylic acids is 1. The fraction of sp³-hybridized carbons (Fsp3) is 0.278. The summed E-state index contributed by atoms with van der Waals surface area (Å²) in [6, 6.07) is 13.5. The molecule has 0 heterocycles. The predicted octanol–water partition coefficient (Wildman–Crippen LogP) is 3.56. The van der Waals surface area contributed by atoms with Crippen LogP contribution in [0.5, 0.6) is 5.75 Å². The minimum atomic E-state index is -0.102. The van der Waals surface area contributed by atoms with Gasteiger partial charge in [-0.2, -0.15) is 0 Å². The van der Waals surface area contributed by atoms with Gasteiger partial charge in [0, 0.05) is 0 Å². The van der Waals surface area contributed by atoms with Gasteiger partial charge in [-0.25, -0.2) is 0 Å². The van der Waals surface area contributed by atoms with Gasteiger partial charge >= 0.3 is 0 Å². The molecule has 2 aromatic carbocycles. The third kappa shape index (κ3) is 5.83. The van der Waals surface area contributed by atoms with Gasteiger partial charge in [-0.1, -0.05) is 29.8 Å². The summed E-state index contributed by atoms with van der Waals surface area (Å²) in [5.41, 5.74) is 2.98. The van der Waals surface area contributed by atoms with Gasteiger partial charge in [-0.3, -0.25) is 4.79 Å². The van der Waals surface area contributed by atoms with Gasteiger partial charge in [0.1, 0.15) is 12.4 Å². The standard InChI is InChI=1S/C18H21ClN2O2/c1-13-4-3-5-15(10-13)23-9-8-20-18(22)12-21-17-7-6-14(2)11-16(17)19/h3-7,10-11,21H,8-9,12H2,1-2H3,(H,20,22). The molecule has 0 bridgehead atoms. The van der Waals surface area contributed by atoms with Crippen LogP contribution in [0, 0.1) is 13.8 Å². The van der Waals surface area contributed by atoms with Crippen molar-refractivity contribution in [1.29, 1.82) is 0 Å². The third-order valence-electron chi connectivity index (χ3n) is 3.25. The molecule has 0 radical (unpaired) electrons. The summed E-state index contributed by atoms with van der Waals surface area (Å²) in [6.07, 6.45) is 0. The molecule has 0 aromatic heterocycles. The molecule has 2 rings (SSSR count). The van der Waals surface area contributed by atoms with Crippen LogP contribution in [0.15, 0.2) is 42.5 Å². The number of hydrogen-bond donors (Lipinski definition) is 2. The molecule has 0 unspecified atom stereocenters. The Labute approximate surface area is 141 Å². The average molecular weight is 333 g/mol. The van der Waals surface area contributed by atoms with Crippen molar-refractivity contribution in [3.05, 3.63) is 58.6 Å². The van der Waals surface area contributed by atoms with Crippen molar-refractivity contribution in [2.45, 2.75) is 13.8 Å². The highest BCUT2D eigenvalue weighted by Gasteiger charge is 2.04. The van der Waals surface area contributed by atoms with Gasteiger partial charge in [-0.05, 0) is 49.2 Å². The Morgan fingerprint density at radius 3 is 2.65 bits per heavy atom. The predicted molar refractivity (Wildman–Crippen MR) is 94.4 cm³/mol. The maximum Gasteiger partial charge on any atom is 0.239 e. The van der Waals surface area contributed by atoms with Crippen molar-refractivity contribution < 1.29 is 9.53 Å². The zero-order valence-electron chi connectivity index (χ0n) is 13.4. The monoisotopic (exact) mass is 332 g/mol. The molecule has 5 heteroatoms. The van der Waals surface area contributed by atoms with Gasteiger partial charge in [0.15, 0.2) is 0 Å². The highest BCUT2D eigenvalue weighted by molar-refractivity contribution is 6.33. The molecule has 23 heavy (non-hydrogen) atoms. The normalized spacial score (nSPS) is 10.2. The molecule has 0 aliphatic heterocycles. The van der Waals surface area contributed by atoms with E-state index in [2.05, 4.69) is 10.6 Å². The van der Waals surface area contributed by atoms with Crippen LogP contribution in [0.25, 0.3) is 0 Å². The minimum Gasteiger partial charge on any atom is -0.492 e. The molecule has 2 aromatic rings. The molecule has 122 valence electrons. The second-order valence-corrected chi connectivity index (χ2v) is 5.76. The summed E-state index contributed by atoms with van der Waals surface area (Å²) in [5.74, 6) is 0.707. The average Bonchev–Trinajstić information content (AvgIpc) is 2.51. The van der Waals surface area contributed by atoms with Crippen molar-refractivity contribution in [2.24, 2.45) is 0 Å². The van der Waals surface area contributed by atoms with Crippen LogP contribution in [0.2, 0.25) is 5.02 Å². The molecule has 0 aliphatic carbocycles. The Hall–Kier alpha value is -2.20. The lowest BCUT2D eigenvalue weighted by atomic mass is 10.2. The quantitative estimate of drug-likeness (QED) is 0.762. The zero-order chi connectivity index (χ0) is 16.7. The van der Waals surface area contributed by atoms with E-state index in [1.165, 1.54) is 0 Å². The number of hydrogen-bond acceptors (Lipinski definition) is 3. The van der Waals surface area contributed by atoms with Crippen LogP contribution in [0.3, 0.4) is 0 Å². The third-order valence-corrected chi connectivity index (χ3v) is 3.56. The second kappa shape index (κ2) is 8.44. The van der Waals surface area contributed by atoms with Gasteiger partial charge in [0.05, 0.1) is 23.8 Å². The number of halogens is 1. The van der Waals surface area contributed by atoms with E-state index in [4.69, 9.17) is 16.3 Å². The van der Waals surface area contributed by atoms with E-state index in [1.54, 1.807) is 0 Å². The number of aryl methyl sites for hydroxylation is 2. The number of rotatable bonds is 7. The van der Waals surface area contributed by atoms with Crippen molar-refractivity contribution in [3.8, 4) is 5.75 Å². The van der Waals surface area contributed by atoms with E-state index in [-0.39, 0.29) is 12.5 Å². The lowest BCUT2D eigenvalue weighted by Crippen LogP contribution is -2.33. The molecular weight excluding hydrogens is 312 g/mol. The number of ether oxygens (including phenoxy) is 1. The molecule has 0 saturated carbocycles. The highest BCUT2D eigenvalue weighted by atomic mass is 35.5. The van der Waals surface area contributed by atoms with Crippen LogP contribution in [-0.2, 0) is 4.79 Å². The fourth-order valence-corrected chi connectivity index (χ4v) is 2.37. The molecule has 2 N–H and O–H groups in total. The molecule has 1 amide bonds. The van der Waals surface area contributed by atoms with Crippen molar-refractivity contribution >= 4 is 23.2 Å². The molecule has 4 nitrogen and oxygen atoms in total. The van der Waals surface area contributed by atoms with Crippen LogP contribution in [0.1, 0.15) is 11.1 Å². The molecule has 0 spiro atoms. The van der Waals surface area contributed by atoms with Crippen LogP contribution < -0.4 is 15.4 Å². The van der Waals surface area contributed by atoms with Crippen molar-refractivity contribution in [2.75, 3.05) is 25.0 Å². The van der Waals surface area contributed by atoms with Gasteiger partial charge in [0.25, 0.3) is 0 Å². The van der Waals surface area contributed by atoms with E-state index in [0.29, 0.717) is 18.2 Å². The summed E-state index contributed by atoms with van der Waals surface area (Å²) >= 11 is 6.11. The number of anilines is 1. The Morgan fingerprint density at radius 2 is 1.91 bits per heavy atom. The Bertz CT molecular complexity index is 674. The van der Waals surface area contributed by atoms with Crippen molar-refractivity contribution in [3.63, 3.8) is 0 Å². The molecule has 0 aliphatic rings. The van der Waals surface area contributed by atoms with Crippen LogP contribution >= 0.6 is 11.6 Å². The Balaban J connectivity index is 1.67. The first kappa shape index (κ1) is 17.2. The number of nitrogens with one attached hydrogen (secondary N) is 2. The Kier molecular flexibility index (Phi) is 6.29. The van der Waals surface area contributed by atoms with E-state index in [0.717, 1.165) is 22.6 Å². The summed E-state index contributed by atoms with van der Waals surface area (Å²) in [4.78, 5) is 11.8. The largest absolute Gasteiger partial charge is 0.492 e. The fourth-order valence-electron chi connectivity index (χ4n) is 2.07. The molecular formula is C18H21ClN2O2. The molecule has 0 atom stereocenters. The minimum absolute atomic E-state index is 0.102. The number of benzene rings is 2. The van der Waals surface area contributed by atoms with E-state index >= 15 is 0 Å². The van der Waals surface area contributed by atoms with E-state index in [1.807, 2.05) is 56.3 Å². The number of carbonyl (C=O) groups is 1. The van der Waals surface area contributed by atoms with Gasteiger partial charge < -0.3 is 15.4 Å². The van der Waals surface area contributed by atoms with Crippen LogP contribution in [0.4, 0.5) is 5.69 Å². The highest BCUT2D eigenvalue weighted by Crippen LogP contribution is 2.22. The summed E-state index contributed by atoms with van der Waals surface area (Å²) in [7, 11) is 0. The summed E-state index contributed by atoms with van der Waals surface area (Å²) in [6.45, 7) is 5.04. The molecule has 0 saturated heterocycles. The van der Waals surface area contributed by atoms with E-state index in [9.17, 15) is 4.79 Å². The molecule has 0 fully saturated rings. The van der Waals surface area contributed by atoms with Gasteiger partial charge in [0.2, 0.25) is 5.91 Å². The SMILES string of the molecule is Cc1cccc(OCCNC(=O)CNc2ccc(C)cc2Cl)c1. The maximum absolute atomic E-state index is 11.8. The first-order chi connectivity index (χ1) is 11.0. The topological polar surface area (TPSA) is 50.4 Å². The Morgan fingerprint density at radius 1 is 1.13 bits per heavy atom. The van der Waals surface area contributed by atoms with Gasteiger partial charge in [-0.15, -0.1) is 0 Å². The number of amides is 1. The summed E-state index contributed by atoms with van der Waals surface area (Å²) < 4.78 is 5.58.